The molecule has 3 rings (SSSR count). The molecular formula is C28H35N3O5. The van der Waals surface area contributed by atoms with Crippen molar-refractivity contribution < 1.29 is 23.9 Å². The van der Waals surface area contributed by atoms with Crippen LogP contribution in [0, 0.1) is 5.92 Å². The average molecular weight is 494 g/mol. The molecule has 0 saturated carbocycles. The van der Waals surface area contributed by atoms with Gasteiger partial charge in [0, 0.05) is 36.4 Å². The summed E-state index contributed by atoms with van der Waals surface area (Å²) >= 11 is 0. The average Bonchev–Trinajstić information content (AvgIpc) is 3.22. The van der Waals surface area contributed by atoms with Gasteiger partial charge >= 0.3 is 5.97 Å². The first-order chi connectivity index (χ1) is 17.3. The minimum absolute atomic E-state index is 0.106. The Morgan fingerprint density at radius 3 is 2.31 bits per heavy atom. The van der Waals surface area contributed by atoms with Crippen LogP contribution in [0.25, 0.3) is 10.9 Å². The highest BCUT2D eigenvalue weighted by molar-refractivity contribution is 5.91. The first kappa shape index (κ1) is 26.8. The topological polar surface area (TPSA) is 110 Å². The fourth-order valence-corrected chi connectivity index (χ4v) is 4.31. The number of carbonyl (C=O) groups is 3. The highest BCUT2D eigenvalue weighted by Crippen LogP contribution is 2.27. The van der Waals surface area contributed by atoms with Gasteiger partial charge < -0.3 is 25.1 Å². The second kappa shape index (κ2) is 12.2. The summed E-state index contributed by atoms with van der Waals surface area (Å²) in [6.45, 7) is 5.21. The zero-order valence-corrected chi connectivity index (χ0v) is 21.5. The van der Waals surface area contributed by atoms with Gasteiger partial charge in [0.15, 0.2) is 0 Å². The van der Waals surface area contributed by atoms with Crippen molar-refractivity contribution >= 4 is 28.7 Å². The van der Waals surface area contributed by atoms with E-state index in [0.29, 0.717) is 12.8 Å². The zero-order chi connectivity index (χ0) is 26.2. The number of H-pyrrole nitrogens is 1. The van der Waals surface area contributed by atoms with E-state index >= 15 is 0 Å². The maximum atomic E-state index is 13.2. The van der Waals surface area contributed by atoms with Crippen LogP contribution in [0.4, 0.5) is 0 Å². The fraction of sp³-hybridized carbons (Fsp3) is 0.393. The Hall–Kier alpha value is -3.81. The number of nitrogens with one attached hydrogen (secondary N) is 3. The van der Waals surface area contributed by atoms with E-state index in [4.69, 9.17) is 9.47 Å². The van der Waals surface area contributed by atoms with Gasteiger partial charge in [-0.05, 0) is 35.2 Å². The number of benzene rings is 2. The minimum atomic E-state index is -0.920. The fourth-order valence-electron chi connectivity index (χ4n) is 4.31. The third kappa shape index (κ3) is 6.44. The van der Waals surface area contributed by atoms with Crippen molar-refractivity contribution in [2.45, 2.75) is 52.1 Å². The molecule has 8 heteroatoms. The lowest BCUT2D eigenvalue weighted by Gasteiger charge is -2.25. The number of ether oxygens (including phenoxy) is 2. The van der Waals surface area contributed by atoms with Gasteiger partial charge in [-0.2, -0.15) is 0 Å². The Balaban J connectivity index is 1.93. The molecule has 0 bridgehead atoms. The van der Waals surface area contributed by atoms with Crippen LogP contribution >= 0.6 is 0 Å². The molecule has 0 aliphatic rings. The van der Waals surface area contributed by atoms with E-state index in [1.807, 2.05) is 62.4 Å². The van der Waals surface area contributed by atoms with E-state index in [1.165, 1.54) is 14.0 Å². The maximum Gasteiger partial charge on any atom is 0.328 e. The molecule has 0 saturated heterocycles. The van der Waals surface area contributed by atoms with Crippen molar-refractivity contribution in [3.8, 4) is 5.75 Å². The molecule has 8 nitrogen and oxygen atoms in total. The molecule has 1 aromatic heterocycles. The van der Waals surface area contributed by atoms with E-state index in [0.717, 1.165) is 33.5 Å². The quantitative estimate of drug-likeness (QED) is 0.354. The van der Waals surface area contributed by atoms with Gasteiger partial charge in [0.05, 0.1) is 14.2 Å². The van der Waals surface area contributed by atoms with Crippen LogP contribution in [0.3, 0.4) is 0 Å². The summed E-state index contributed by atoms with van der Waals surface area (Å²) in [5, 5.41) is 6.53. The summed E-state index contributed by atoms with van der Waals surface area (Å²) in [7, 11) is 2.93. The van der Waals surface area contributed by atoms with Crippen molar-refractivity contribution in [3.05, 3.63) is 65.4 Å². The minimum Gasteiger partial charge on any atom is -0.497 e. The second-order valence-corrected chi connectivity index (χ2v) is 9.00. The molecule has 2 aromatic carbocycles. The Labute approximate surface area is 211 Å². The molecule has 0 aliphatic carbocycles. The number of hydrogen-bond acceptors (Lipinski definition) is 5. The molecule has 0 spiro atoms. The van der Waals surface area contributed by atoms with Crippen LogP contribution in [0.15, 0.2) is 48.5 Å². The lowest BCUT2D eigenvalue weighted by molar-refractivity contribution is -0.145. The number of amides is 2. The van der Waals surface area contributed by atoms with Crippen LogP contribution in [-0.4, -0.2) is 49.1 Å². The van der Waals surface area contributed by atoms with E-state index in [-0.39, 0.29) is 18.2 Å². The van der Waals surface area contributed by atoms with Crippen molar-refractivity contribution in [1.82, 2.24) is 15.6 Å². The van der Waals surface area contributed by atoms with Crippen molar-refractivity contribution in [3.63, 3.8) is 0 Å². The lowest BCUT2D eigenvalue weighted by Crippen LogP contribution is -2.54. The monoisotopic (exact) mass is 493 g/mol. The number of carbonyl (C=O) groups excluding carboxylic acids is 3. The van der Waals surface area contributed by atoms with Gasteiger partial charge in [0.2, 0.25) is 11.8 Å². The molecule has 0 radical (unpaired) electrons. The number of esters is 1. The number of methoxy groups -OCH3 is 2. The van der Waals surface area contributed by atoms with E-state index in [2.05, 4.69) is 15.6 Å². The summed E-state index contributed by atoms with van der Waals surface area (Å²) in [5.41, 5.74) is 3.90. The standard InChI is InChI=1S/C28H35N3O5/c1-6-17(2)26(29-18(3)32)27(33)31-25(28(34)36-5)16-22-21-9-7-8-10-23(21)30-24(22)15-19-11-13-20(35-4)14-12-19/h7-14,17,25-26,30H,6,15-16H2,1-5H3,(H,29,32)(H,31,33)/t17-,25-,26-/m0/s1. The van der Waals surface area contributed by atoms with Crippen LogP contribution in [0.1, 0.15) is 44.0 Å². The van der Waals surface area contributed by atoms with Gasteiger partial charge in [0.25, 0.3) is 0 Å². The molecular weight excluding hydrogens is 458 g/mol. The Morgan fingerprint density at radius 1 is 1.00 bits per heavy atom. The molecule has 0 fully saturated rings. The van der Waals surface area contributed by atoms with Gasteiger partial charge in [-0.15, -0.1) is 0 Å². The van der Waals surface area contributed by atoms with Gasteiger partial charge in [-0.3, -0.25) is 9.59 Å². The van der Waals surface area contributed by atoms with Gasteiger partial charge in [-0.25, -0.2) is 4.79 Å². The molecule has 0 unspecified atom stereocenters. The summed E-state index contributed by atoms with van der Waals surface area (Å²) in [6.07, 6.45) is 1.54. The Bertz CT molecular complexity index is 1200. The maximum absolute atomic E-state index is 13.2. The summed E-state index contributed by atoms with van der Waals surface area (Å²) in [5.74, 6) is -0.588. The SMILES string of the molecule is CC[C@H](C)[C@H](NC(C)=O)C(=O)N[C@@H](Cc1c(Cc2ccc(OC)cc2)[nH]c2ccccc12)C(=O)OC. The molecule has 3 N–H and O–H groups in total. The molecule has 192 valence electrons. The van der Waals surface area contributed by atoms with E-state index in [1.54, 1.807) is 7.11 Å². The second-order valence-electron chi connectivity index (χ2n) is 9.00. The molecule has 1 heterocycles. The van der Waals surface area contributed by atoms with Crippen molar-refractivity contribution in [2.75, 3.05) is 14.2 Å². The number of aromatic nitrogens is 1. The third-order valence-corrected chi connectivity index (χ3v) is 6.51. The highest BCUT2D eigenvalue weighted by atomic mass is 16.5. The van der Waals surface area contributed by atoms with E-state index in [9.17, 15) is 14.4 Å². The molecule has 3 atom stereocenters. The smallest absolute Gasteiger partial charge is 0.328 e. The predicted octanol–water partition coefficient (Wildman–Crippen LogP) is 3.52. The van der Waals surface area contributed by atoms with Gasteiger partial charge in [-0.1, -0.05) is 50.6 Å². The zero-order valence-electron chi connectivity index (χ0n) is 21.5. The number of hydrogen-bond donors (Lipinski definition) is 3. The number of rotatable bonds is 11. The summed E-state index contributed by atoms with van der Waals surface area (Å²) in [6, 6.07) is 14.0. The molecule has 36 heavy (non-hydrogen) atoms. The first-order valence-corrected chi connectivity index (χ1v) is 12.1. The van der Waals surface area contributed by atoms with E-state index < -0.39 is 24.0 Å². The van der Waals surface area contributed by atoms with Crippen LogP contribution in [0.2, 0.25) is 0 Å². The summed E-state index contributed by atoms with van der Waals surface area (Å²) < 4.78 is 10.3. The predicted molar refractivity (Wildman–Crippen MR) is 139 cm³/mol. The molecule has 2 amide bonds. The van der Waals surface area contributed by atoms with Crippen LogP contribution in [0.5, 0.6) is 5.75 Å². The largest absolute Gasteiger partial charge is 0.497 e. The van der Waals surface area contributed by atoms with Crippen LogP contribution in [-0.2, 0) is 32.0 Å². The first-order valence-electron chi connectivity index (χ1n) is 12.1. The number of fused-ring (bicyclic) bond motifs is 1. The Kier molecular flexibility index (Phi) is 9.11. The molecule has 0 aliphatic heterocycles. The van der Waals surface area contributed by atoms with Gasteiger partial charge in [0.1, 0.15) is 17.8 Å². The number of aromatic amines is 1. The summed E-state index contributed by atoms with van der Waals surface area (Å²) in [4.78, 5) is 41.2. The lowest BCUT2D eigenvalue weighted by atomic mass is 9.96. The van der Waals surface area contributed by atoms with Crippen LogP contribution < -0.4 is 15.4 Å². The highest BCUT2D eigenvalue weighted by Gasteiger charge is 2.31. The Morgan fingerprint density at radius 2 is 1.69 bits per heavy atom. The van der Waals surface area contributed by atoms with Crippen molar-refractivity contribution in [2.24, 2.45) is 5.92 Å². The third-order valence-electron chi connectivity index (χ3n) is 6.51. The molecule has 3 aromatic rings. The normalized spacial score (nSPS) is 13.5. The van der Waals surface area contributed by atoms with Crippen molar-refractivity contribution in [1.29, 1.82) is 0 Å². The number of para-hydroxylation sites is 1.